The number of aromatic nitrogens is 3. The molecule has 5 heteroatoms. The number of benzene rings is 1. The Morgan fingerprint density at radius 3 is 2.94 bits per heavy atom. The highest BCUT2D eigenvalue weighted by Crippen LogP contribution is 2.18. The number of aromatic amines is 1. The molecule has 1 aromatic heterocycles. The van der Waals surface area contributed by atoms with E-state index in [9.17, 15) is 4.39 Å². The Kier molecular flexibility index (Phi) is 3.49. The molecule has 4 nitrogen and oxygen atoms in total. The topological polar surface area (TPSA) is 67.6 Å². The molecular weight excluding hydrogens is 219 g/mol. The van der Waals surface area contributed by atoms with Crippen molar-refractivity contribution >= 4 is 0 Å². The normalized spacial score (nSPS) is 10.8. The van der Waals surface area contributed by atoms with Crippen LogP contribution in [0.5, 0.6) is 0 Å². The Hall–Kier alpha value is -1.75. The third kappa shape index (κ3) is 2.68. The lowest BCUT2D eigenvalue weighted by Gasteiger charge is -1.98. The van der Waals surface area contributed by atoms with Crippen molar-refractivity contribution in [1.82, 2.24) is 15.2 Å². The first-order chi connectivity index (χ1) is 8.20. The molecule has 0 spiro atoms. The second-order valence-electron chi connectivity index (χ2n) is 3.96. The maximum atomic E-state index is 13.4. The zero-order valence-electron chi connectivity index (χ0n) is 9.70. The lowest BCUT2D eigenvalue weighted by Crippen LogP contribution is -2.01. The van der Waals surface area contributed by atoms with Gasteiger partial charge in [0.1, 0.15) is 11.6 Å². The van der Waals surface area contributed by atoms with Crippen LogP contribution in [0, 0.1) is 12.7 Å². The van der Waals surface area contributed by atoms with Crippen molar-refractivity contribution < 1.29 is 4.39 Å². The lowest BCUT2D eigenvalue weighted by atomic mass is 10.1. The summed E-state index contributed by atoms with van der Waals surface area (Å²) in [6.45, 7) is 2.35. The van der Waals surface area contributed by atoms with E-state index in [0.717, 1.165) is 18.7 Å². The van der Waals surface area contributed by atoms with Gasteiger partial charge in [-0.1, -0.05) is 12.1 Å². The Labute approximate surface area is 99.1 Å². The van der Waals surface area contributed by atoms with Gasteiger partial charge in [0.05, 0.1) is 0 Å². The number of nitrogens with zero attached hydrogens (tertiary/aromatic N) is 2. The number of aryl methyl sites for hydroxylation is 2. The summed E-state index contributed by atoms with van der Waals surface area (Å²) >= 11 is 0. The quantitative estimate of drug-likeness (QED) is 0.847. The van der Waals surface area contributed by atoms with Crippen LogP contribution in [0.25, 0.3) is 11.4 Å². The SMILES string of the molecule is Cc1ccc(-c2n[nH]c(CCCN)n2)cc1F. The molecule has 0 radical (unpaired) electrons. The summed E-state index contributed by atoms with van der Waals surface area (Å²) in [6, 6.07) is 4.99. The number of nitrogens with two attached hydrogens (primary N) is 1. The number of H-pyrrole nitrogens is 1. The highest BCUT2D eigenvalue weighted by atomic mass is 19.1. The Bertz CT molecular complexity index is 507. The molecule has 2 rings (SSSR count). The molecule has 1 heterocycles. The number of halogens is 1. The van der Waals surface area contributed by atoms with E-state index in [1.807, 2.05) is 6.07 Å². The predicted molar refractivity (Wildman–Crippen MR) is 63.9 cm³/mol. The van der Waals surface area contributed by atoms with Crippen LogP contribution < -0.4 is 5.73 Å². The van der Waals surface area contributed by atoms with Crippen LogP contribution in [-0.2, 0) is 6.42 Å². The van der Waals surface area contributed by atoms with Gasteiger partial charge in [-0.25, -0.2) is 9.37 Å². The minimum atomic E-state index is -0.240. The van der Waals surface area contributed by atoms with E-state index in [0.29, 0.717) is 23.5 Å². The molecule has 17 heavy (non-hydrogen) atoms. The van der Waals surface area contributed by atoms with Crippen molar-refractivity contribution in [1.29, 1.82) is 0 Å². The summed E-state index contributed by atoms with van der Waals surface area (Å²) in [5.74, 6) is 1.07. The zero-order valence-corrected chi connectivity index (χ0v) is 9.70. The molecule has 0 aliphatic rings. The molecule has 90 valence electrons. The van der Waals surface area contributed by atoms with Crippen LogP contribution in [-0.4, -0.2) is 21.7 Å². The fourth-order valence-corrected chi connectivity index (χ4v) is 1.54. The smallest absolute Gasteiger partial charge is 0.181 e. The maximum absolute atomic E-state index is 13.4. The molecule has 0 atom stereocenters. The summed E-state index contributed by atoms with van der Waals surface area (Å²) in [5, 5.41) is 6.90. The summed E-state index contributed by atoms with van der Waals surface area (Å²) in [6.07, 6.45) is 1.62. The van der Waals surface area contributed by atoms with Gasteiger partial charge in [0.25, 0.3) is 0 Å². The van der Waals surface area contributed by atoms with Gasteiger partial charge in [0.15, 0.2) is 5.82 Å². The fraction of sp³-hybridized carbons (Fsp3) is 0.333. The molecule has 0 unspecified atom stereocenters. The number of nitrogens with one attached hydrogen (secondary N) is 1. The van der Waals surface area contributed by atoms with Crippen LogP contribution in [0.3, 0.4) is 0 Å². The van der Waals surface area contributed by atoms with Crippen LogP contribution in [0.1, 0.15) is 17.8 Å². The first kappa shape index (κ1) is 11.7. The van der Waals surface area contributed by atoms with Crippen molar-refractivity contribution in [3.05, 3.63) is 35.4 Å². The molecule has 0 bridgehead atoms. The van der Waals surface area contributed by atoms with Crippen LogP contribution in [0.2, 0.25) is 0 Å². The van der Waals surface area contributed by atoms with Gasteiger partial charge in [0, 0.05) is 12.0 Å². The van der Waals surface area contributed by atoms with E-state index < -0.39 is 0 Å². The van der Waals surface area contributed by atoms with Gasteiger partial charge in [0.2, 0.25) is 0 Å². The van der Waals surface area contributed by atoms with Gasteiger partial charge in [-0.05, 0) is 31.5 Å². The van der Waals surface area contributed by atoms with Crippen LogP contribution in [0.15, 0.2) is 18.2 Å². The van der Waals surface area contributed by atoms with Gasteiger partial charge in [-0.15, -0.1) is 0 Å². The molecular formula is C12H15FN4. The minimum Gasteiger partial charge on any atom is -0.330 e. The maximum Gasteiger partial charge on any atom is 0.181 e. The summed E-state index contributed by atoms with van der Waals surface area (Å²) in [4.78, 5) is 4.30. The predicted octanol–water partition coefficient (Wildman–Crippen LogP) is 1.81. The van der Waals surface area contributed by atoms with Gasteiger partial charge in [-0.2, -0.15) is 5.10 Å². The molecule has 0 amide bonds. The molecule has 0 saturated heterocycles. The highest BCUT2D eigenvalue weighted by Gasteiger charge is 2.07. The lowest BCUT2D eigenvalue weighted by molar-refractivity contribution is 0.619. The van der Waals surface area contributed by atoms with Crippen LogP contribution >= 0.6 is 0 Å². The van der Waals surface area contributed by atoms with E-state index in [2.05, 4.69) is 15.2 Å². The van der Waals surface area contributed by atoms with Crippen molar-refractivity contribution in [3.8, 4) is 11.4 Å². The number of hydrogen-bond donors (Lipinski definition) is 2. The molecule has 1 aromatic carbocycles. The molecule has 0 aliphatic heterocycles. The summed E-state index contributed by atoms with van der Waals surface area (Å²) < 4.78 is 13.4. The van der Waals surface area contributed by atoms with Crippen molar-refractivity contribution in [2.24, 2.45) is 5.73 Å². The van der Waals surface area contributed by atoms with E-state index in [-0.39, 0.29) is 5.82 Å². The standard InChI is InChI=1S/C12H15FN4/c1-8-4-5-9(7-10(8)13)12-15-11(16-17-12)3-2-6-14/h4-5,7H,2-3,6,14H2,1H3,(H,15,16,17). The van der Waals surface area contributed by atoms with Crippen molar-refractivity contribution in [3.63, 3.8) is 0 Å². The third-order valence-corrected chi connectivity index (χ3v) is 2.58. The van der Waals surface area contributed by atoms with Crippen LogP contribution in [0.4, 0.5) is 4.39 Å². The molecule has 0 fully saturated rings. The number of hydrogen-bond acceptors (Lipinski definition) is 3. The minimum absolute atomic E-state index is 0.240. The highest BCUT2D eigenvalue weighted by molar-refractivity contribution is 5.55. The first-order valence-electron chi connectivity index (χ1n) is 5.58. The fourth-order valence-electron chi connectivity index (χ4n) is 1.54. The number of rotatable bonds is 4. The van der Waals surface area contributed by atoms with E-state index >= 15 is 0 Å². The van der Waals surface area contributed by atoms with Gasteiger partial charge >= 0.3 is 0 Å². The molecule has 3 N–H and O–H groups in total. The van der Waals surface area contributed by atoms with Gasteiger partial charge < -0.3 is 5.73 Å². The van der Waals surface area contributed by atoms with Crippen molar-refractivity contribution in [2.75, 3.05) is 6.54 Å². The second kappa shape index (κ2) is 5.05. The van der Waals surface area contributed by atoms with E-state index in [4.69, 9.17) is 5.73 Å². The monoisotopic (exact) mass is 234 g/mol. The molecule has 0 aliphatic carbocycles. The zero-order chi connectivity index (χ0) is 12.3. The van der Waals surface area contributed by atoms with E-state index in [1.165, 1.54) is 6.07 Å². The molecule has 0 saturated carbocycles. The summed E-state index contributed by atoms with van der Waals surface area (Å²) in [5.41, 5.74) is 6.72. The first-order valence-corrected chi connectivity index (χ1v) is 5.58. The third-order valence-electron chi connectivity index (χ3n) is 2.58. The Morgan fingerprint density at radius 2 is 2.24 bits per heavy atom. The van der Waals surface area contributed by atoms with E-state index in [1.54, 1.807) is 13.0 Å². The van der Waals surface area contributed by atoms with Crippen molar-refractivity contribution in [2.45, 2.75) is 19.8 Å². The second-order valence-corrected chi connectivity index (χ2v) is 3.96. The van der Waals surface area contributed by atoms with Gasteiger partial charge in [-0.3, -0.25) is 5.10 Å². The Morgan fingerprint density at radius 1 is 1.41 bits per heavy atom. The average Bonchev–Trinajstić information content (AvgIpc) is 2.79. The molecule has 2 aromatic rings. The average molecular weight is 234 g/mol. The summed E-state index contributed by atoms with van der Waals surface area (Å²) in [7, 11) is 0. The largest absolute Gasteiger partial charge is 0.330 e. The Balaban J connectivity index is 2.21.